The highest BCUT2D eigenvalue weighted by Gasteiger charge is 2.17. The predicted molar refractivity (Wildman–Crippen MR) is 60.2 cm³/mol. The number of aryl methyl sites for hydroxylation is 1. The van der Waals surface area contributed by atoms with Crippen LogP contribution in [0.15, 0.2) is 6.20 Å². The van der Waals surface area contributed by atoms with Crippen LogP contribution < -0.4 is 4.72 Å². The van der Waals surface area contributed by atoms with Crippen molar-refractivity contribution < 1.29 is 8.42 Å². The average Bonchev–Trinajstić information content (AvgIpc) is 2.45. The predicted octanol–water partition coefficient (Wildman–Crippen LogP) is 0.689. The summed E-state index contributed by atoms with van der Waals surface area (Å²) in [6.07, 6.45) is 1.33. The highest BCUT2D eigenvalue weighted by atomic mass is 32.2. The van der Waals surface area contributed by atoms with E-state index in [1.54, 1.807) is 7.05 Å². The van der Waals surface area contributed by atoms with E-state index in [1.807, 2.05) is 19.9 Å². The first kappa shape index (κ1) is 12.5. The van der Waals surface area contributed by atoms with Gasteiger partial charge in [0.2, 0.25) is 10.0 Å². The van der Waals surface area contributed by atoms with Crippen LogP contribution in [-0.2, 0) is 17.1 Å². The fraction of sp³-hybridized carbons (Fsp3) is 0.556. The molecule has 1 aromatic heterocycles. The van der Waals surface area contributed by atoms with Gasteiger partial charge in [-0.05, 0) is 5.92 Å². The zero-order valence-corrected chi connectivity index (χ0v) is 10.2. The second kappa shape index (κ2) is 4.53. The van der Waals surface area contributed by atoms with E-state index in [0.717, 1.165) is 0 Å². The summed E-state index contributed by atoms with van der Waals surface area (Å²) < 4.78 is 27.0. The summed E-state index contributed by atoms with van der Waals surface area (Å²) in [5.41, 5.74) is 0.217. The van der Waals surface area contributed by atoms with E-state index >= 15 is 0 Å². The van der Waals surface area contributed by atoms with Crippen molar-refractivity contribution >= 4 is 15.8 Å². The van der Waals surface area contributed by atoms with Gasteiger partial charge in [-0.15, -0.1) is 0 Å². The molecule has 0 aliphatic heterocycles. The lowest BCUT2D eigenvalue weighted by Crippen LogP contribution is -2.22. The van der Waals surface area contributed by atoms with Gasteiger partial charge in [-0.1, -0.05) is 13.8 Å². The molecule has 6 nitrogen and oxygen atoms in total. The van der Waals surface area contributed by atoms with E-state index in [0.29, 0.717) is 0 Å². The molecule has 0 radical (unpaired) electrons. The molecule has 0 unspecified atom stereocenters. The summed E-state index contributed by atoms with van der Waals surface area (Å²) in [6.45, 7) is 3.63. The molecular weight excluding hydrogens is 228 g/mol. The van der Waals surface area contributed by atoms with Gasteiger partial charge in [0.15, 0.2) is 5.82 Å². The van der Waals surface area contributed by atoms with Crippen LogP contribution in [0.1, 0.15) is 19.4 Å². The number of rotatable bonds is 4. The quantitative estimate of drug-likeness (QED) is 0.841. The Labute approximate surface area is 94.9 Å². The smallest absolute Gasteiger partial charge is 0.234 e. The van der Waals surface area contributed by atoms with Crippen molar-refractivity contribution in [1.29, 1.82) is 5.26 Å². The number of hydrogen-bond donors (Lipinski definition) is 1. The lowest BCUT2D eigenvalue weighted by molar-refractivity contribution is 0.586. The molecule has 0 saturated carbocycles. The minimum Gasteiger partial charge on any atom is -0.266 e. The molecule has 16 heavy (non-hydrogen) atoms. The number of hydrogen-bond acceptors (Lipinski definition) is 4. The van der Waals surface area contributed by atoms with E-state index in [2.05, 4.69) is 9.82 Å². The van der Waals surface area contributed by atoms with E-state index < -0.39 is 10.0 Å². The molecular formula is C9H14N4O2S. The highest BCUT2D eigenvalue weighted by molar-refractivity contribution is 7.92. The molecule has 0 bridgehead atoms. The molecule has 7 heteroatoms. The average molecular weight is 242 g/mol. The third-order valence-electron chi connectivity index (χ3n) is 1.86. The summed E-state index contributed by atoms with van der Waals surface area (Å²) in [6, 6.07) is 1.88. The normalized spacial score (nSPS) is 11.4. The zero-order valence-electron chi connectivity index (χ0n) is 9.43. The van der Waals surface area contributed by atoms with Crippen LogP contribution in [0.4, 0.5) is 5.82 Å². The molecule has 1 heterocycles. The second-order valence-electron chi connectivity index (χ2n) is 3.92. The molecule has 0 amide bonds. The third-order valence-corrected chi connectivity index (χ3v) is 3.47. The number of aromatic nitrogens is 2. The molecule has 0 aromatic carbocycles. The largest absolute Gasteiger partial charge is 0.266 e. The molecule has 1 aromatic rings. The third kappa shape index (κ3) is 2.97. The molecule has 0 fully saturated rings. The van der Waals surface area contributed by atoms with Crippen LogP contribution in [0.2, 0.25) is 0 Å². The van der Waals surface area contributed by atoms with E-state index in [-0.39, 0.29) is 23.1 Å². The standard InChI is InChI=1S/C9H14N4O2S/c1-7(2)6-16(14,15)12-9-8(4-10)5-11-13(9)3/h5,7,12H,6H2,1-3H3. The fourth-order valence-corrected chi connectivity index (χ4v) is 2.77. The molecule has 1 N–H and O–H groups in total. The van der Waals surface area contributed by atoms with E-state index in [9.17, 15) is 8.42 Å². The number of anilines is 1. The SMILES string of the molecule is CC(C)CS(=O)(=O)Nc1c(C#N)cnn1C. The highest BCUT2D eigenvalue weighted by Crippen LogP contribution is 2.15. The molecule has 0 saturated heterocycles. The molecule has 0 aliphatic rings. The molecule has 0 aliphatic carbocycles. The van der Waals surface area contributed by atoms with Crippen LogP contribution in [0.3, 0.4) is 0 Å². The van der Waals surface area contributed by atoms with Crippen LogP contribution in [-0.4, -0.2) is 24.0 Å². The summed E-state index contributed by atoms with van der Waals surface area (Å²) in [5, 5.41) is 12.6. The summed E-state index contributed by atoms with van der Waals surface area (Å²) in [5.74, 6) is 0.252. The number of sulfonamides is 1. The van der Waals surface area contributed by atoms with Gasteiger partial charge in [0, 0.05) is 7.05 Å². The van der Waals surface area contributed by atoms with E-state index in [4.69, 9.17) is 5.26 Å². The van der Waals surface area contributed by atoms with Gasteiger partial charge >= 0.3 is 0 Å². The minimum atomic E-state index is -3.42. The molecule has 88 valence electrons. The number of nitrogens with one attached hydrogen (secondary N) is 1. The van der Waals surface area contributed by atoms with Crippen molar-refractivity contribution in [2.24, 2.45) is 13.0 Å². The van der Waals surface area contributed by atoms with Crippen LogP contribution >= 0.6 is 0 Å². The van der Waals surface area contributed by atoms with Gasteiger partial charge < -0.3 is 0 Å². The van der Waals surface area contributed by atoms with Gasteiger partial charge in [0.25, 0.3) is 0 Å². The second-order valence-corrected chi connectivity index (χ2v) is 5.69. The van der Waals surface area contributed by atoms with Gasteiger partial charge in [-0.25, -0.2) is 8.42 Å². The topological polar surface area (TPSA) is 87.8 Å². The summed E-state index contributed by atoms with van der Waals surface area (Å²) in [4.78, 5) is 0. The van der Waals surface area contributed by atoms with Crippen molar-refractivity contribution in [3.8, 4) is 6.07 Å². The van der Waals surface area contributed by atoms with Gasteiger partial charge in [0.05, 0.1) is 11.9 Å². The van der Waals surface area contributed by atoms with Gasteiger partial charge in [0.1, 0.15) is 11.6 Å². The Morgan fingerprint density at radius 3 is 2.75 bits per heavy atom. The maximum absolute atomic E-state index is 11.7. The summed E-state index contributed by atoms with van der Waals surface area (Å²) in [7, 11) is -1.84. The fourth-order valence-electron chi connectivity index (χ4n) is 1.27. The Balaban J connectivity index is 2.97. The monoisotopic (exact) mass is 242 g/mol. The van der Waals surface area contributed by atoms with E-state index in [1.165, 1.54) is 10.9 Å². The molecule has 0 atom stereocenters. The number of nitrogens with zero attached hydrogens (tertiary/aromatic N) is 3. The van der Waals surface area contributed by atoms with Crippen molar-refractivity contribution in [3.05, 3.63) is 11.8 Å². The van der Waals surface area contributed by atoms with Crippen molar-refractivity contribution in [2.45, 2.75) is 13.8 Å². The summed E-state index contributed by atoms with van der Waals surface area (Å²) >= 11 is 0. The Bertz CT molecular complexity index is 510. The van der Waals surface area contributed by atoms with Crippen LogP contribution in [0.5, 0.6) is 0 Å². The first-order valence-corrected chi connectivity index (χ1v) is 6.43. The lowest BCUT2D eigenvalue weighted by atomic mass is 10.3. The molecule has 0 spiro atoms. The van der Waals surface area contributed by atoms with Crippen LogP contribution in [0.25, 0.3) is 0 Å². The minimum absolute atomic E-state index is 0.0169. The van der Waals surface area contributed by atoms with Gasteiger partial charge in [-0.2, -0.15) is 10.4 Å². The van der Waals surface area contributed by atoms with Gasteiger partial charge in [-0.3, -0.25) is 9.40 Å². The van der Waals surface area contributed by atoms with Crippen molar-refractivity contribution in [2.75, 3.05) is 10.5 Å². The van der Waals surface area contributed by atoms with Crippen molar-refractivity contribution in [1.82, 2.24) is 9.78 Å². The Morgan fingerprint density at radius 2 is 2.25 bits per heavy atom. The molecule has 1 rings (SSSR count). The Kier molecular flexibility index (Phi) is 3.55. The maximum Gasteiger partial charge on any atom is 0.234 e. The zero-order chi connectivity index (χ0) is 12.3. The first-order chi connectivity index (χ1) is 7.35. The first-order valence-electron chi connectivity index (χ1n) is 4.78. The Hall–Kier alpha value is -1.55. The van der Waals surface area contributed by atoms with Crippen molar-refractivity contribution in [3.63, 3.8) is 0 Å². The lowest BCUT2D eigenvalue weighted by Gasteiger charge is -2.10. The maximum atomic E-state index is 11.7. The number of nitriles is 1. The van der Waals surface area contributed by atoms with Crippen LogP contribution in [0, 0.1) is 17.2 Å². The Morgan fingerprint density at radius 1 is 1.62 bits per heavy atom.